The van der Waals surface area contributed by atoms with E-state index in [0.29, 0.717) is 6.42 Å². The molecule has 0 aromatic rings. The van der Waals surface area contributed by atoms with Crippen molar-refractivity contribution < 1.29 is 9.90 Å². The van der Waals surface area contributed by atoms with E-state index in [1.54, 1.807) is 0 Å². The zero-order valence-electron chi connectivity index (χ0n) is 14.8. The molecule has 21 heavy (non-hydrogen) atoms. The van der Waals surface area contributed by atoms with Gasteiger partial charge in [-0.3, -0.25) is 4.79 Å². The molecule has 0 atom stereocenters. The number of carbonyl (C=O) groups is 1. The van der Waals surface area contributed by atoms with E-state index < -0.39 is 14.0 Å². The van der Waals surface area contributed by atoms with Crippen LogP contribution in [0.5, 0.6) is 0 Å². The minimum Gasteiger partial charge on any atom is -0.481 e. The largest absolute Gasteiger partial charge is 0.481 e. The SMILES string of the molecule is CCCCCCCCCCCCC[Si](C)(C)CCC(=O)O. The first-order valence-corrected chi connectivity index (χ1v) is 12.6. The lowest BCUT2D eigenvalue weighted by atomic mass is 10.1. The summed E-state index contributed by atoms with van der Waals surface area (Å²) in [6.45, 7) is 6.95. The highest BCUT2D eigenvalue weighted by atomic mass is 28.3. The molecule has 0 aliphatic heterocycles. The van der Waals surface area contributed by atoms with Crippen LogP contribution in [0.2, 0.25) is 25.2 Å². The molecule has 0 aliphatic carbocycles. The maximum absolute atomic E-state index is 10.6. The highest BCUT2D eigenvalue weighted by Gasteiger charge is 2.20. The average Bonchev–Trinajstić information content (AvgIpc) is 2.43. The van der Waals surface area contributed by atoms with Crippen molar-refractivity contribution in [2.45, 2.75) is 109 Å². The molecule has 0 unspecified atom stereocenters. The average molecular weight is 315 g/mol. The highest BCUT2D eigenvalue weighted by Crippen LogP contribution is 2.21. The molecular formula is C18H38O2Si. The van der Waals surface area contributed by atoms with Gasteiger partial charge in [-0.15, -0.1) is 0 Å². The zero-order valence-corrected chi connectivity index (χ0v) is 15.8. The van der Waals surface area contributed by atoms with Crippen LogP contribution in [-0.2, 0) is 4.79 Å². The third-order valence-corrected chi connectivity index (χ3v) is 7.78. The number of carboxylic acid groups (broad SMARTS) is 1. The molecule has 0 spiro atoms. The molecule has 0 amide bonds. The summed E-state index contributed by atoms with van der Waals surface area (Å²) < 4.78 is 0. The van der Waals surface area contributed by atoms with Crippen molar-refractivity contribution in [1.82, 2.24) is 0 Å². The van der Waals surface area contributed by atoms with Gasteiger partial charge in [0.1, 0.15) is 0 Å². The predicted octanol–water partition coefficient (Wildman–Crippen LogP) is 6.48. The maximum atomic E-state index is 10.6. The minimum absolute atomic E-state index is 0.372. The van der Waals surface area contributed by atoms with Gasteiger partial charge in [0.25, 0.3) is 0 Å². The van der Waals surface area contributed by atoms with Crippen LogP contribution in [-0.4, -0.2) is 19.1 Å². The smallest absolute Gasteiger partial charge is 0.303 e. The summed E-state index contributed by atoms with van der Waals surface area (Å²) in [6.07, 6.45) is 15.6. The van der Waals surface area contributed by atoms with Gasteiger partial charge in [-0.25, -0.2) is 0 Å². The topological polar surface area (TPSA) is 37.3 Å². The van der Waals surface area contributed by atoms with Gasteiger partial charge >= 0.3 is 5.97 Å². The van der Waals surface area contributed by atoms with Gasteiger partial charge in [0.15, 0.2) is 0 Å². The van der Waals surface area contributed by atoms with Crippen LogP contribution in [0.1, 0.15) is 84.0 Å². The van der Waals surface area contributed by atoms with Crippen LogP contribution < -0.4 is 0 Å². The lowest BCUT2D eigenvalue weighted by molar-refractivity contribution is -0.136. The Balaban J connectivity index is 3.29. The molecule has 2 nitrogen and oxygen atoms in total. The number of rotatable bonds is 15. The van der Waals surface area contributed by atoms with Gasteiger partial charge in [-0.1, -0.05) is 96.7 Å². The molecule has 0 rings (SSSR count). The summed E-state index contributed by atoms with van der Waals surface area (Å²) in [5.74, 6) is -0.630. The summed E-state index contributed by atoms with van der Waals surface area (Å²) in [4.78, 5) is 10.6. The monoisotopic (exact) mass is 314 g/mol. The lowest BCUT2D eigenvalue weighted by Crippen LogP contribution is -2.25. The first-order chi connectivity index (χ1) is 9.98. The Morgan fingerprint density at radius 3 is 1.62 bits per heavy atom. The first kappa shape index (κ1) is 20.7. The standard InChI is InChI=1S/C18H38O2Si/c1-4-5-6-7-8-9-10-11-12-13-14-16-21(2,3)17-15-18(19)20/h4-17H2,1-3H3,(H,19,20). The molecule has 0 heterocycles. The van der Waals surface area contributed by atoms with E-state index >= 15 is 0 Å². The number of carboxylic acids is 1. The van der Waals surface area contributed by atoms with Crippen molar-refractivity contribution in [2.75, 3.05) is 0 Å². The van der Waals surface area contributed by atoms with E-state index in [-0.39, 0.29) is 0 Å². The fourth-order valence-electron chi connectivity index (χ4n) is 2.84. The highest BCUT2D eigenvalue weighted by molar-refractivity contribution is 6.77. The van der Waals surface area contributed by atoms with E-state index in [0.717, 1.165) is 6.04 Å². The molecular weight excluding hydrogens is 276 g/mol. The zero-order chi connectivity index (χ0) is 16.0. The summed E-state index contributed by atoms with van der Waals surface area (Å²) in [5, 5.41) is 8.76. The van der Waals surface area contributed by atoms with Gasteiger partial charge in [-0.05, 0) is 6.04 Å². The van der Waals surface area contributed by atoms with Crippen LogP contribution >= 0.6 is 0 Å². The Hall–Kier alpha value is -0.313. The maximum Gasteiger partial charge on any atom is 0.303 e. The lowest BCUT2D eigenvalue weighted by Gasteiger charge is -2.21. The van der Waals surface area contributed by atoms with Gasteiger partial charge < -0.3 is 5.11 Å². The molecule has 0 saturated heterocycles. The fraction of sp³-hybridized carbons (Fsp3) is 0.944. The molecule has 0 fully saturated rings. The minimum atomic E-state index is -1.24. The third-order valence-electron chi connectivity index (χ3n) is 4.47. The third kappa shape index (κ3) is 15.9. The second kappa shape index (κ2) is 13.4. The van der Waals surface area contributed by atoms with Crippen molar-refractivity contribution in [1.29, 1.82) is 0 Å². The molecule has 0 aromatic heterocycles. The molecule has 0 saturated carbocycles. The summed E-state index contributed by atoms with van der Waals surface area (Å²) in [5.41, 5.74) is 0. The summed E-state index contributed by atoms with van der Waals surface area (Å²) in [7, 11) is -1.24. The Morgan fingerprint density at radius 1 is 0.762 bits per heavy atom. The second-order valence-electron chi connectivity index (χ2n) is 7.34. The molecule has 0 bridgehead atoms. The van der Waals surface area contributed by atoms with Crippen LogP contribution in [0.4, 0.5) is 0 Å². The number of hydrogen-bond acceptors (Lipinski definition) is 1. The van der Waals surface area contributed by atoms with Gasteiger partial charge in [-0.2, -0.15) is 0 Å². The number of unbranched alkanes of at least 4 members (excludes halogenated alkanes) is 10. The molecule has 0 radical (unpaired) electrons. The molecule has 0 aliphatic rings. The molecule has 126 valence electrons. The van der Waals surface area contributed by atoms with Gasteiger partial charge in [0.05, 0.1) is 0 Å². The quantitative estimate of drug-likeness (QED) is 0.277. The number of aliphatic carboxylic acids is 1. The fourth-order valence-corrected chi connectivity index (χ4v) is 5.19. The van der Waals surface area contributed by atoms with Crippen molar-refractivity contribution in [3.63, 3.8) is 0 Å². The Morgan fingerprint density at radius 2 is 1.19 bits per heavy atom. The molecule has 0 aromatic carbocycles. The van der Waals surface area contributed by atoms with Gasteiger partial charge in [0.2, 0.25) is 0 Å². The Bertz CT molecular complexity index is 252. The van der Waals surface area contributed by atoms with Crippen molar-refractivity contribution in [2.24, 2.45) is 0 Å². The van der Waals surface area contributed by atoms with E-state index in [2.05, 4.69) is 20.0 Å². The van der Waals surface area contributed by atoms with Crippen LogP contribution in [0.25, 0.3) is 0 Å². The second-order valence-corrected chi connectivity index (χ2v) is 12.7. The van der Waals surface area contributed by atoms with E-state index in [4.69, 9.17) is 5.11 Å². The van der Waals surface area contributed by atoms with Crippen LogP contribution in [0, 0.1) is 0 Å². The van der Waals surface area contributed by atoms with Crippen LogP contribution in [0.15, 0.2) is 0 Å². The number of hydrogen-bond donors (Lipinski definition) is 1. The van der Waals surface area contributed by atoms with Gasteiger partial charge in [0, 0.05) is 14.5 Å². The van der Waals surface area contributed by atoms with Crippen molar-refractivity contribution in [3.8, 4) is 0 Å². The summed E-state index contributed by atoms with van der Waals surface area (Å²) >= 11 is 0. The normalized spacial score (nSPS) is 11.8. The first-order valence-electron chi connectivity index (χ1n) is 9.20. The van der Waals surface area contributed by atoms with Crippen LogP contribution in [0.3, 0.4) is 0 Å². The van der Waals surface area contributed by atoms with E-state index in [9.17, 15) is 4.79 Å². The predicted molar refractivity (Wildman–Crippen MR) is 95.8 cm³/mol. The Labute approximate surface area is 133 Å². The molecule has 3 heteroatoms. The summed E-state index contributed by atoms with van der Waals surface area (Å²) in [6, 6.07) is 2.25. The molecule has 1 N–H and O–H groups in total. The van der Waals surface area contributed by atoms with Crippen molar-refractivity contribution >= 4 is 14.0 Å². The van der Waals surface area contributed by atoms with E-state index in [1.807, 2.05) is 0 Å². The van der Waals surface area contributed by atoms with Crippen molar-refractivity contribution in [3.05, 3.63) is 0 Å². The Kier molecular flexibility index (Phi) is 13.2. The van der Waals surface area contributed by atoms with E-state index in [1.165, 1.54) is 76.7 Å².